The van der Waals surface area contributed by atoms with Gasteiger partial charge in [0.05, 0.1) is 11.3 Å². The lowest BCUT2D eigenvalue weighted by atomic mass is 9.92. The lowest BCUT2D eigenvalue weighted by molar-refractivity contribution is -0.149. The molecule has 7 unspecified atom stereocenters. The molecule has 310 valence electrons. The number of carbonyl (C=O) groups is 5. The van der Waals surface area contributed by atoms with E-state index in [2.05, 4.69) is 25.7 Å². The van der Waals surface area contributed by atoms with Gasteiger partial charge in [-0.05, 0) is 62.5 Å². The van der Waals surface area contributed by atoms with Gasteiger partial charge in [-0.1, -0.05) is 77.8 Å². The van der Waals surface area contributed by atoms with Gasteiger partial charge in [0.15, 0.2) is 6.10 Å². The van der Waals surface area contributed by atoms with Crippen molar-refractivity contribution in [3.05, 3.63) is 52.0 Å². The highest BCUT2D eigenvalue weighted by atomic mass is 32.2. The molecule has 56 heavy (non-hydrogen) atoms. The Balaban J connectivity index is 1.50. The van der Waals surface area contributed by atoms with Crippen LogP contribution in [0.2, 0.25) is 0 Å². The van der Waals surface area contributed by atoms with E-state index in [1.54, 1.807) is 24.3 Å². The molecule has 1 saturated heterocycles. The van der Waals surface area contributed by atoms with Gasteiger partial charge in [-0.2, -0.15) is 0 Å². The number of piperidine rings is 1. The molecule has 4 N–H and O–H groups in total. The largest absolute Gasteiger partial charge is 0.455 e. The van der Waals surface area contributed by atoms with Crippen LogP contribution < -0.4 is 20.7 Å². The molecule has 0 spiro atoms. The van der Waals surface area contributed by atoms with E-state index < -0.39 is 63.2 Å². The predicted molar refractivity (Wildman–Crippen MR) is 215 cm³/mol. The smallest absolute Gasteiger partial charge is 0.303 e. The average molecular weight is 817 g/mol. The van der Waals surface area contributed by atoms with Gasteiger partial charge in [0, 0.05) is 43.8 Å². The minimum Gasteiger partial charge on any atom is -0.455 e. The summed E-state index contributed by atoms with van der Waals surface area (Å²) in [5, 5.41) is 10.7. The molecule has 2 aliphatic rings. The van der Waals surface area contributed by atoms with Crippen molar-refractivity contribution in [2.75, 3.05) is 13.6 Å². The molecule has 2 aromatic rings. The lowest BCUT2D eigenvalue weighted by Gasteiger charge is -2.37. The molecule has 1 saturated carbocycles. The van der Waals surface area contributed by atoms with E-state index in [-0.39, 0.29) is 48.2 Å². The van der Waals surface area contributed by atoms with E-state index in [1.165, 1.54) is 6.92 Å². The van der Waals surface area contributed by atoms with Crippen LogP contribution >= 0.6 is 11.3 Å². The third-order valence-corrected chi connectivity index (χ3v) is 13.5. The monoisotopic (exact) mass is 816 g/mol. The molecule has 1 aliphatic heterocycles. The Bertz CT molecular complexity index is 1760. The molecular weight excluding hydrogens is 757 g/mol. The predicted octanol–water partition coefficient (Wildman–Crippen LogP) is 4.27. The van der Waals surface area contributed by atoms with Crippen LogP contribution in [0.1, 0.15) is 120 Å². The van der Waals surface area contributed by atoms with Crippen LogP contribution in [0.15, 0.2) is 35.7 Å². The zero-order valence-electron chi connectivity index (χ0n) is 33.7. The van der Waals surface area contributed by atoms with Crippen molar-refractivity contribution in [1.29, 1.82) is 0 Å². The summed E-state index contributed by atoms with van der Waals surface area (Å²) in [7, 11) is -2.02. The third-order valence-electron chi connectivity index (χ3n) is 10.8. The van der Waals surface area contributed by atoms with Gasteiger partial charge in [-0.15, -0.1) is 11.3 Å². The summed E-state index contributed by atoms with van der Waals surface area (Å²) in [6.45, 7) is 11.5. The molecule has 0 radical (unpaired) electrons. The van der Waals surface area contributed by atoms with Crippen LogP contribution in [0, 0.1) is 17.8 Å². The first-order valence-corrected chi connectivity index (χ1v) is 22.3. The van der Waals surface area contributed by atoms with Crippen LogP contribution in [0.5, 0.6) is 0 Å². The lowest BCUT2D eigenvalue weighted by Crippen LogP contribution is -2.57. The van der Waals surface area contributed by atoms with Gasteiger partial charge in [0.2, 0.25) is 27.7 Å². The van der Waals surface area contributed by atoms with E-state index in [1.807, 2.05) is 58.0 Å². The van der Waals surface area contributed by atoms with Crippen molar-refractivity contribution in [3.8, 4) is 0 Å². The quantitative estimate of drug-likeness (QED) is 0.140. The first-order chi connectivity index (χ1) is 26.5. The fourth-order valence-corrected chi connectivity index (χ4v) is 9.26. The number of ether oxygens (including phenoxy) is 1. The van der Waals surface area contributed by atoms with Crippen LogP contribution in [-0.2, 0) is 40.4 Å². The number of nitrogens with one attached hydrogen (secondary N) is 4. The molecule has 14 nitrogen and oxygen atoms in total. The number of aromatic nitrogens is 1. The maximum absolute atomic E-state index is 14.2. The average Bonchev–Trinajstić information content (AvgIpc) is 3.92. The molecule has 4 rings (SSSR count). The molecule has 1 aromatic carbocycles. The molecular formula is C40H60N6O8S2. The summed E-state index contributed by atoms with van der Waals surface area (Å²) in [6.07, 6.45) is 4.29. The number of rotatable bonds is 20. The number of esters is 1. The molecule has 0 bridgehead atoms. The van der Waals surface area contributed by atoms with Gasteiger partial charge in [0.25, 0.3) is 5.91 Å². The van der Waals surface area contributed by atoms with E-state index in [4.69, 9.17) is 4.74 Å². The summed E-state index contributed by atoms with van der Waals surface area (Å²) in [5.41, 5.74) is 1.01. The molecule has 16 heteroatoms. The minimum absolute atomic E-state index is 0.0739. The van der Waals surface area contributed by atoms with Gasteiger partial charge >= 0.3 is 5.97 Å². The second-order valence-corrected chi connectivity index (χ2v) is 18.6. The number of amides is 4. The number of thiazole rings is 1. The Morgan fingerprint density at radius 3 is 2.29 bits per heavy atom. The number of sulfonamides is 1. The Kier molecular flexibility index (Phi) is 16.4. The van der Waals surface area contributed by atoms with E-state index in [0.717, 1.165) is 36.3 Å². The van der Waals surface area contributed by atoms with E-state index >= 15 is 0 Å². The van der Waals surface area contributed by atoms with Crippen LogP contribution in [-0.4, -0.2) is 90.9 Å². The maximum atomic E-state index is 14.2. The fourth-order valence-electron chi connectivity index (χ4n) is 7.02. The second-order valence-electron chi connectivity index (χ2n) is 15.7. The van der Waals surface area contributed by atoms with Crippen LogP contribution in [0.4, 0.5) is 0 Å². The van der Waals surface area contributed by atoms with Gasteiger partial charge in [-0.25, -0.2) is 13.4 Å². The first kappa shape index (κ1) is 44.8. The van der Waals surface area contributed by atoms with Crippen molar-refractivity contribution in [1.82, 2.24) is 30.6 Å². The molecule has 2 heterocycles. The minimum atomic E-state index is -3.72. The molecule has 1 aromatic heterocycles. The Hall–Kier alpha value is -3.89. The number of likely N-dealkylation sites (N-methyl/N-ethyl adjacent to an activating group) is 1. The summed E-state index contributed by atoms with van der Waals surface area (Å²) in [5.74, 6) is -3.01. The highest BCUT2D eigenvalue weighted by molar-refractivity contribution is 7.90. The standard InChI is InChI=1S/C40H60N6O8S2/c1-8-25(4)35(44-37(49)31-16-12-13-19-41-31)40(51)46(7)33(24(2)3)22-34(54-27(6)47)39-43-32(23-55-39)38(50)42-29(21-28-14-10-9-11-15-28)20-26(5)36(48)45-56(52,53)30-17-18-30/h9-11,14-15,23-26,29-31,33-35,41H,8,12-13,16-22H2,1-7H3,(H,42,50)(H,44,49)(H,45,48). The highest BCUT2D eigenvalue weighted by Crippen LogP contribution is 2.31. The number of nitrogens with zero attached hydrogens (tertiary/aromatic N) is 2. The van der Waals surface area contributed by atoms with E-state index in [9.17, 15) is 32.4 Å². The van der Waals surface area contributed by atoms with Crippen molar-refractivity contribution in [2.24, 2.45) is 17.8 Å². The molecule has 2 fully saturated rings. The van der Waals surface area contributed by atoms with Gasteiger partial charge in [-0.3, -0.25) is 28.7 Å². The SMILES string of the molecule is CCC(C)C(NC(=O)C1CCCCN1)C(=O)N(C)C(CC(OC(C)=O)c1nc(C(=O)NC(Cc2ccccc2)CC(C)C(=O)NS(=O)(=O)C2CC2)cs1)C(C)C. The number of carbonyl (C=O) groups excluding carboxylic acids is 5. The highest BCUT2D eigenvalue weighted by Gasteiger charge is 2.39. The summed E-state index contributed by atoms with van der Waals surface area (Å²) >= 11 is 1.16. The Labute approximate surface area is 335 Å². The molecule has 4 amide bonds. The van der Waals surface area contributed by atoms with Crippen LogP contribution in [0.25, 0.3) is 0 Å². The van der Waals surface area contributed by atoms with Crippen molar-refractivity contribution >= 4 is 51.0 Å². The number of hydrogen-bond donors (Lipinski definition) is 4. The van der Waals surface area contributed by atoms with Gasteiger partial charge < -0.3 is 25.6 Å². The zero-order valence-corrected chi connectivity index (χ0v) is 35.3. The molecule has 1 aliphatic carbocycles. The Morgan fingerprint density at radius 1 is 1.00 bits per heavy atom. The number of benzene rings is 1. The normalized spacial score (nSPS) is 19.1. The number of hydrogen-bond acceptors (Lipinski definition) is 11. The van der Waals surface area contributed by atoms with Gasteiger partial charge in [0.1, 0.15) is 16.7 Å². The summed E-state index contributed by atoms with van der Waals surface area (Å²) in [6, 6.07) is 7.40. The van der Waals surface area contributed by atoms with Crippen molar-refractivity contribution in [3.63, 3.8) is 0 Å². The zero-order chi connectivity index (χ0) is 41.2. The Morgan fingerprint density at radius 2 is 1.70 bits per heavy atom. The van der Waals surface area contributed by atoms with Crippen molar-refractivity contribution in [2.45, 2.75) is 135 Å². The topological polar surface area (TPSA) is 193 Å². The van der Waals surface area contributed by atoms with Crippen LogP contribution in [0.3, 0.4) is 0 Å². The fraction of sp³-hybridized carbons (Fsp3) is 0.650. The van der Waals surface area contributed by atoms with E-state index in [0.29, 0.717) is 37.1 Å². The second kappa shape index (κ2) is 20.5. The maximum Gasteiger partial charge on any atom is 0.303 e. The summed E-state index contributed by atoms with van der Waals surface area (Å²) in [4.78, 5) is 72.7. The van der Waals surface area contributed by atoms with Crippen molar-refractivity contribution < 1.29 is 37.1 Å². The first-order valence-electron chi connectivity index (χ1n) is 19.8. The summed E-state index contributed by atoms with van der Waals surface area (Å²) < 4.78 is 32.8. The molecule has 7 atom stereocenters. The third kappa shape index (κ3) is 12.8.